The van der Waals surface area contributed by atoms with Crippen LogP contribution >= 0.6 is 0 Å². The molecule has 7 heteroatoms. The summed E-state index contributed by atoms with van der Waals surface area (Å²) in [7, 11) is 0. The maximum Gasteiger partial charge on any atom is 0.334 e. The van der Waals surface area contributed by atoms with Gasteiger partial charge in [-0.3, -0.25) is 4.79 Å². The van der Waals surface area contributed by atoms with Crippen molar-refractivity contribution in [3.8, 4) is 0 Å². The molecule has 1 heterocycles. The van der Waals surface area contributed by atoms with Crippen molar-refractivity contribution in [3.05, 3.63) is 47.1 Å². The quantitative estimate of drug-likeness (QED) is 0.334. The molecule has 1 fully saturated rings. The molecule has 0 amide bonds. The van der Waals surface area contributed by atoms with E-state index in [-0.39, 0.29) is 12.0 Å². The predicted octanol–water partition coefficient (Wildman–Crippen LogP) is 2.55. The summed E-state index contributed by atoms with van der Waals surface area (Å²) >= 11 is 0. The number of aliphatic hydroxyl groups excluding tert-OH is 1. The highest BCUT2D eigenvalue weighted by atomic mass is 16.6. The number of hydrogen-bond donors (Lipinski definition) is 1. The Hall–Kier alpha value is -2.67. The maximum atomic E-state index is 12.4. The predicted molar refractivity (Wildman–Crippen MR) is 106 cm³/mol. The molecule has 0 unspecified atom stereocenters. The van der Waals surface area contributed by atoms with Gasteiger partial charge in [0.05, 0.1) is 12.0 Å². The molecular weight excluding hydrogens is 376 g/mol. The van der Waals surface area contributed by atoms with Crippen LogP contribution in [-0.2, 0) is 28.6 Å². The van der Waals surface area contributed by atoms with Crippen LogP contribution < -0.4 is 0 Å². The highest BCUT2D eigenvalue weighted by Gasteiger charge is 2.44. The molecular formula is C22H28O7. The summed E-state index contributed by atoms with van der Waals surface area (Å²) in [6.07, 6.45) is 1.82. The third kappa shape index (κ3) is 5.23. The molecule has 5 atom stereocenters. The van der Waals surface area contributed by atoms with Gasteiger partial charge in [-0.05, 0) is 51.0 Å². The minimum Gasteiger partial charge on any atom is -0.458 e. The fourth-order valence-corrected chi connectivity index (χ4v) is 3.33. The Balaban J connectivity index is 2.52. The van der Waals surface area contributed by atoms with Crippen molar-refractivity contribution < 1.29 is 33.7 Å². The molecule has 7 nitrogen and oxygen atoms in total. The van der Waals surface area contributed by atoms with Gasteiger partial charge in [-0.2, -0.15) is 0 Å². The van der Waals surface area contributed by atoms with Gasteiger partial charge in [-0.1, -0.05) is 12.7 Å². The third-order valence-corrected chi connectivity index (χ3v) is 5.25. The van der Waals surface area contributed by atoms with Crippen LogP contribution in [0.1, 0.15) is 41.0 Å². The van der Waals surface area contributed by atoms with Crippen molar-refractivity contribution in [2.45, 2.75) is 65.5 Å². The van der Waals surface area contributed by atoms with Crippen molar-refractivity contribution in [1.82, 2.24) is 0 Å². The van der Waals surface area contributed by atoms with E-state index in [0.717, 1.165) is 0 Å². The first-order chi connectivity index (χ1) is 13.5. The van der Waals surface area contributed by atoms with Gasteiger partial charge in [-0.15, -0.1) is 0 Å². The van der Waals surface area contributed by atoms with E-state index in [0.29, 0.717) is 16.7 Å². The van der Waals surface area contributed by atoms with Crippen LogP contribution in [0.2, 0.25) is 0 Å². The standard InChI is InChI=1S/C22H28O7/c1-7-11(2)21(25)28-18-8-12(3)16(24)10-17(27-15(6)23)13(4)9-19-20(18)14(5)22(26)29-19/h7-9,16-20,24H,5,10H2,1-4,6H3/b11-7-,12-8-,13-9-/t16-,17-,18+,19-,20+/m0/s1. The molecule has 1 saturated heterocycles. The first kappa shape index (κ1) is 22.6. The lowest BCUT2D eigenvalue weighted by Crippen LogP contribution is -2.34. The molecule has 158 valence electrons. The van der Waals surface area contributed by atoms with E-state index in [1.165, 1.54) is 6.92 Å². The first-order valence-corrected chi connectivity index (χ1v) is 9.50. The van der Waals surface area contributed by atoms with Crippen LogP contribution in [-0.4, -0.2) is 47.4 Å². The maximum absolute atomic E-state index is 12.4. The molecule has 0 saturated carbocycles. The van der Waals surface area contributed by atoms with Gasteiger partial charge in [0, 0.05) is 24.5 Å². The van der Waals surface area contributed by atoms with E-state index in [1.54, 1.807) is 45.9 Å². The minimum absolute atomic E-state index is 0.130. The van der Waals surface area contributed by atoms with Crippen LogP contribution in [0.25, 0.3) is 0 Å². The van der Waals surface area contributed by atoms with Crippen molar-refractivity contribution in [1.29, 1.82) is 0 Å². The molecule has 1 aliphatic heterocycles. The molecule has 2 aliphatic rings. The van der Waals surface area contributed by atoms with Crippen molar-refractivity contribution in [2.24, 2.45) is 5.92 Å². The number of rotatable bonds is 3. The lowest BCUT2D eigenvalue weighted by atomic mass is 9.85. The first-order valence-electron chi connectivity index (χ1n) is 9.50. The lowest BCUT2D eigenvalue weighted by molar-refractivity contribution is -0.147. The Kier molecular flexibility index (Phi) is 7.19. The van der Waals surface area contributed by atoms with Crippen LogP contribution in [0.5, 0.6) is 0 Å². The van der Waals surface area contributed by atoms with Gasteiger partial charge >= 0.3 is 17.9 Å². The van der Waals surface area contributed by atoms with Crippen LogP contribution in [0.15, 0.2) is 47.1 Å². The Morgan fingerprint density at radius 1 is 1.21 bits per heavy atom. The fourth-order valence-electron chi connectivity index (χ4n) is 3.33. The zero-order valence-electron chi connectivity index (χ0n) is 17.4. The lowest BCUT2D eigenvalue weighted by Gasteiger charge is -2.29. The molecule has 0 aromatic rings. The average Bonchev–Trinajstić information content (AvgIpc) is 2.92. The Morgan fingerprint density at radius 2 is 1.86 bits per heavy atom. The second kappa shape index (κ2) is 9.22. The molecule has 0 spiro atoms. The van der Waals surface area contributed by atoms with Crippen molar-refractivity contribution >= 4 is 17.9 Å². The van der Waals surface area contributed by atoms with Crippen LogP contribution in [0, 0.1) is 5.92 Å². The van der Waals surface area contributed by atoms with Crippen LogP contribution in [0.3, 0.4) is 0 Å². The van der Waals surface area contributed by atoms with Gasteiger partial charge in [0.15, 0.2) is 0 Å². The second-order valence-corrected chi connectivity index (χ2v) is 7.43. The molecule has 0 aromatic heterocycles. The normalized spacial score (nSPS) is 34.1. The molecule has 29 heavy (non-hydrogen) atoms. The molecule has 2 rings (SSSR count). The number of aliphatic hydroxyl groups is 1. The SMILES string of the molecule is C=C1C(=O)O[C@H]2/C=C(/C)[C@@H](OC(C)=O)C[C@H](O)/C(C)=C\[C@@H](OC(=O)/C(C)=C\C)[C@@H]12. The number of fused-ring (bicyclic) bond motifs is 1. The number of carbonyl (C=O) groups excluding carboxylic acids is 3. The topological polar surface area (TPSA) is 99.1 Å². The highest BCUT2D eigenvalue weighted by Crippen LogP contribution is 2.36. The molecule has 0 bridgehead atoms. The van der Waals surface area contributed by atoms with Gasteiger partial charge in [-0.25, -0.2) is 9.59 Å². The number of hydrogen-bond acceptors (Lipinski definition) is 7. The molecule has 1 N–H and O–H groups in total. The number of ether oxygens (including phenoxy) is 3. The van der Waals surface area contributed by atoms with Crippen LogP contribution in [0.4, 0.5) is 0 Å². The average molecular weight is 404 g/mol. The summed E-state index contributed by atoms with van der Waals surface area (Å²) in [5.41, 5.74) is 1.75. The van der Waals surface area contributed by atoms with E-state index in [9.17, 15) is 19.5 Å². The van der Waals surface area contributed by atoms with E-state index in [1.807, 2.05) is 0 Å². The monoisotopic (exact) mass is 404 g/mol. The summed E-state index contributed by atoms with van der Waals surface area (Å²) in [6.45, 7) is 11.9. The van der Waals surface area contributed by atoms with Crippen molar-refractivity contribution in [3.63, 3.8) is 0 Å². The third-order valence-electron chi connectivity index (χ3n) is 5.25. The second-order valence-electron chi connectivity index (χ2n) is 7.43. The fraction of sp³-hybridized carbons (Fsp3) is 0.500. The summed E-state index contributed by atoms with van der Waals surface area (Å²) in [6, 6.07) is 0. The van der Waals surface area contributed by atoms with Gasteiger partial charge in [0.25, 0.3) is 0 Å². The largest absolute Gasteiger partial charge is 0.458 e. The summed E-state index contributed by atoms with van der Waals surface area (Å²) in [4.78, 5) is 36.1. The zero-order valence-corrected chi connectivity index (χ0v) is 17.4. The van der Waals surface area contributed by atoms with E-state index in [4.69, 9.17) is 14.2 Å². The number of esters is 3. The van der Waals surface area contributed by atoms with Crippen molar-refractivity contribution in [2.75, 3.05) is 0 Å². The summed E-state index contributed by atoms with van der Waals surface area (Å²) < 4.78 is 16.4. The summed E-state index contributed by atoms with van der Waals surface area (Å²) in [5.74, 6) is -2.25. The van der Waals surface area contributed by atoms with E-state index < -0.39 is 48.2 Å². The zero-order chi connectivity index (χ0) is 21.9. The molecule has 0 aromatic carbocycles. The minimum atomic E-state index is -0.936. The highest BCUT2D eigenvalue weighted by molar-refractivity contribution is 5.92. The Labute approximate surface area is 170 Å². The number of carbonyl (C=O) groups is 3. The molecule has 1 aliphatic carbocycles. The number of allylic oxidation sites excluding steroid dienone is 1. The summed E-state index contributed by atoms with van der Waals surface area (Å²) in [5, 5.41) is 10.6. The van der Waals surface area contributed by atoms with Gasteiger partial charge in [0.2, 0.25) is 0 Å². The smallest absolute Gasteiger partial charge is 0.334 e. The van der Waals surface area contributed by atoms with Gasteiger partial charge in [0.1, 0.15) is 18.3 Å². The Bertz CT molecular complexity index is 802. The van der Waals surface area contributed by atoms with E-state index >= 15 is 0 Å². The van der Waals surface area contributed by atoms with E-state index in [2.05, 4.69) is 6.58 Å². The molecule has 0 radical (unpaired) electrons. The Morgan fingerprint density at radius 3 is 2.45 bits per heavy atom. The van der Waals surface area contributed by atoms with Gasteiger partial charge < -0.3 is 19.3 Å².